The lowest BCUT2D eigenvalue weighted by molar-refractivity contribution is -0.383. The molecule has 106 valence electrons. The van der Waals surface area contributed by atoms with Gasteiger partial charge in [0.15, 0.2) is 0 Å². The Balaban J connectivity index is 2.84. The van der Waals surface area contributed by atoms with E-state index in [0.717, 1.165) is 6.54 Å². The first-order valence-corrected chi connectivity index (χ1v) is 6.42. The van der Waals surface area contributed by atoms with Crippen molar-refractivity contribution in [2.75, 3.05) is 32.5 Å². The highest BCUT2D eigenvalue weighted by molar-refractivity contribution is 6.33. The summed E-state index contributed by atoms with van der Waals surface area (Å²) < 4.78 is 0. The van der Waals surface area contributed by atoms with Crippen molar-refractivity contribution in [3.05, 3.63) is 33.3 Å². The van der Waals surface area contributed by atoms with E-state index in [0.29, 0.717) is 12.2 Å². The van der Waals surface area contributed by atoms with Gasteiger partial charge in [0.05, 0.1) is 4.92 Å². The van der Waals surface area contributed by atoms with Crippen LogP contribution in [0.1, 0.15) is 13.8 Å². The minimum Gasteiger partial charge on any atom is -0.379 e. The second-order valence-electron chi connectivity index (χ2n) is 5.65. The molecule has 0 saturated carbocycles. The molecule has 0 unspecified atom stereocenters. The lowest BCUT2D eigenvalue weighted by atomic mass is 9.93. The molecule has 1 rings (SSSR count). The molecule has 5 nitrogen and oxygen atoms in total. The van der Waals surface area contributed by atoms with Crippen LogP contribution in [-0.2, 0) is 0 Å². The maximum Gasteiger partial charge on any atom is 0.310 e. The Hall–Kier alpha value is -1.33. The summed E-state index contributed by atoms with van der Waals surface area (Å²) >= 11 is 5.87. The van der Waals surface area contributed by atoms with E-state index in [9.17, 15) is 10.1 Å². The topological polar surface area (TPSA) is 58.4 Å². The number of nitro benzene ring substituents is 1. The first-order valence-electron chi connectivity index (χ1n) is 6.04. The molecule has 0 aliphatic carbocycles. The normalized spacial score (nSPS) is 11.7. The van der Waals surface area contributed by atoms with Crippen LogP contribution in [0.4, 0.5) is 11.4 Å². The number of rotatable bonds is 6. The number of nitro groups is 1. The fraction of sp³-hybridized carbons (Fsp3) is 0.538. The molecule has 19 heavy (non-hydrogen) atoms. The molecule has 0 fully saturated rings. The fourth-order valence-corrected chi connectivity index (χ4v) is 2.33. The number of halogens is 1. The molecule has 0 amide bonds. The summed E-state index contributed by atoms with van der Waals surface area (Å²) in [5, 5.41) is 14.3. The van der Waals surface area contributed by atoms with Crippen molar-refractivity contribution in [2.45, 2.75) is 13.8 Å². The Morgan fingerprint density at radius 2 is 2.05 bits per heavy atom. The van der Waals surface area contributed by atoms with Gasteiger partial charge < -0.3 is 10.2 Å². The summed E-state index contributed by atoms with van der Waals surface area (Å²) in [4.78, 5) is 12.7. The van der Waals surface area contributed by atoms with Crippen molar-refractivity contribution in [1.29, 1.82) is 0 Å². The number of nitrogens with zero attached hydrogens (tertiary/aromatic N) is 2. The third kappa shape index (κ3) is 4.69. The van der Waals surface area contributed by atoms with Gasteiger partial charge in [0.25, 0.3) is 0 Å². The molecule has 0 bridgehead atoms. The number of para-hydroxylation sites is 1. The van der Waals surface area contributed by atoms with Crippen LogP contribution in [-0.4, -0.2) is 37.0 Å². The average Bonchev–Trinajstić information content (AvgIpc) is 2.24. The Morgan fingerprint density at radius 1 is 1.42 bits per heavy atom. The Morgan fingerprint density at radius 3 is 2.58 bits per heavy atom. The zero-order chi connectivity index (χ0) is 14.6. The lowest BCUT2D eigenvalue weighted by Crippen LogP contribution is -2.34. The minimum absolute atomic E-state index is 0.000311. The van der Waals surface area contributed by atoms with E-state index >= 15 is 0 Å². The van der Waals surface area contributed by atoms with Gasteiger partial charge in [-0.1, -0.05) is 31.5 Å². The molecule has 0 heterocycles. The van der Waals surface area contributed by atoms with E-state index in [2.05, 4.69) is 24.1 Å². The van der Waals surface area contributed by atoms with Gasteiger partial charge in [0.2, 0.25) is 0 Å². The molecule has 1 aromatic carbocycles. The fourth-order valence-electron chi connectivity index (χ4n) is 2.09. The summed E-state index contributed by atoms with van der Waals surface area (Å²) in [6, 6.07) is 4.90. The zero-order valence-electron chi connectivity index (χ0n) is 11.7. The number of benzene rings is 1. The van der Waals surface area contributed by atoms with E-state index in [1.54, 1.807) is 12.1 Å². The van der Waals surface area contributed by atoms with Gasteiger partial charge in [-0.15, -0.1) is 0 Å². The van der Waals surface area contributed by atoms with E-state index in [1.165, 1.54) is 6.07 Å². The Labute approximate surface area is 118 Å². The predicted molar refractivity (Wildman–Crippen MR) is 78.9 cm³/mol. The van der Waals surface area contributed by atoms with Crippen molar-refractivity contribution in [3.8, 4) is 0 Å². The van der Waals surface area contributed by atoms with Gasteiger partial charge in [-0.05, 0) is 31.6 Å². The van der Waals surface area contributed by atoms with E-state index in [1.807, 2.05) is 14.1 Å². The maximum atomic E-state index is 11.0. The van der Waals surface area contributed by atoms with E-state index in [4.69, 9.17) is 11.6 Å². The molecule has 0 radical (unpaired) electrons. The standard InChI is InChI=1S/C13H20ClN3O2/c1-13(2,9-16(3)4)8-15-11-7-5-6-10(14)12(11)17(18)19/h5-7,15H,8-9H2,1-4H3. The van der Waals surface area contributed by atoms with Crippen molar-refractivity contribution in [3.63, 3.8) is 0 Å². The molecule has 0 saturated heterocycles. The third-order valence-electron chi connectivity index (χ3n) is 2.67. The predicted octanol–water partition coefficient (Wildman–Crippen LogP) is 3.25. The average molecular weight is 286 g/mol. The number of nitrogens with one attached hydrogen (secondary N) is 1. The molecule has 1 N–H and O–H groups in total. The smallest absolute Gasteiger partial charge is 0.310 e. The van der Waals surface area contributed by atoms with Crippen molar-refractivity contribution >= 4 is 23.0 Å². The van der Waals surface area contributed by atoms with Crippen molar-refractivity contribution in [2.24, 2.45) is 5.41 Å². The number of anilines is 1. The van der Waals surface area contributed by atoms with Gasteiger partial charge in [0.1, 0.15) is 10.7 Å². The summed E-state index contributed by atoms with van der Waals surface area (Å²) in [5.41, 5.74) is 0.397. The van der Waals surface area contributed by atoms with Crippen LogP contribution in [0.15, 0.2) is 18.2 Å². The highest BCUT2D eigenvalue weighted by Crippen LogP contribution is 2.33. The van der Waals surface area contributed by atoms with Gasteiger partial charge in [0, 0.05) is 13.1 Å². The summed E-state index contributed by atoms with van der Waals surface area (Å²) in [7, 11) is 4.01. The minimum atomic E-state index is -0.455. The highest BCUT2D eigenvalue weighted by Gasteiger charge is 2.22. The summed E-state index contributed by atoms with van der Waals surface area (Å²) in [6.45, 7) is 5.73. The van der Waals surface area contributed by atoms with Crippen LogP contribution < -0.4 is 5.32 Å². The van der Waals surface area contributed by atoms with E-state index < -0.39 is 4.92 Å². The van der Waals surface area contributed by atoms with Gasteiger partial charge >= 0.3 is 5.69 Å². The van der Waals surface area contributed by atoms with Crippen LogP contribution >= 0.6 is 11.6 Å². The molecule has 6 heteroatoms. The second-order valence-corrected chi connectivity index (χ2v) is 6.06. The Bertz CT molecular complexity index is 461. The van der Waals surface area contributed by atoms with Crippen LogP contribution in [0.2, 0.25) is 5.02 Å². The molecule has 0 atom stereocenters. The number of hydrogen-bond donors (Lipinski definition) is 1. The monoisotopic (exact) mass is 285 g/mol. The summed E-state index contributed by atoms with van der Waals surface area (Å²) in [5.74, 6) is 0. The highest BCUT2D eigenvalue weighted by atomic mass is 35.5. The van der Waals surface area contributed by atoms with Crippen molar-refractivity contribution < 1.29 is 4.92 Å². The third-order valence-corrected chi connectivity index (χ3v) is 2.98. The quantitative estimate of drug-likeness (QED) is 0.644. The van der Waals surface area contributed by atoms with Crippen molar-refractivity contribution in [1.82, 2.24) is 4.90 Å². The summed E-state index contributed by atoms with van der Waals surface area (Å²) in [6.07, 6.45) is 0. The second kappa shape index (κ2) is 6.21. The van der Waals surface area contributed by atoms with E-state index in [-0.39, 0.29) is 16.1 Å². The first-order chi connectivity index (χ1) is 8.73. The SMILES string of the molecule is CN(C)CC(C)(C)CNc1cccc(Cl)c1[N+](=O)[O-]. The van der Waals surface area contributed by atoms with Gasteiger partial charge in [-0.3, -0.25) is 10.1 Å². The molecular formula is C13H20ClN3O2. The van der Waals surface area contributed by atoms with Crippen LogP contribution in [0.3, 0.4) is 0 Å². The maximum absolute atomic E-state index is 11.0. The number of hydrogen-bond acceptors (Lipinski definition) is 4. The molecule has 0 aliphatic heterocycles. The molecular weight excluding hydrogens is 266 g/mol. The van der Waals surface area contributed by atoms with Crippen LogP contribution in [0.5, 0.6) is 0 Å². The largest absolute Gasteiger partial charge is 0.379 e. The first kappa shape index (κ1) is 15.7. The van der Waals surface area contributed by atoms with Gasteiger partial charge in [-0.2, -0.15) is 0 Å². The van der Waals surface area contributed by atoms with Gasteiger partial charge in [-0.25, -0.2) is 0 Å². The van der Waals surface area contributed by atoms with Crippen LogP contribution in [0.25, 0.3) is 0 Å². The lowest BCUT2D eigenvalue weighted by Gasteiger charge is -2.28. The molecule has 1 aromatic rings. The molecule has 0 aromatic heterocycles. The van der Waals surface area contributed by atoms with Crippen LogP contribution in [0, 0.1) is 15.5 Å². The Kier molecular flexibility index (Phi) is 5.14. The molecule has 0 aliphatic rings. The molecule has 0 spiro atoms. The zero-order valence-corrected chi connectivity index (χ0v) is 12.5.